The molecular weight excluding hydrogens is 350 g/mol. The van der Waals surface area contributed by atoms with E-state index in [4.69, 9.17) is 9.25 Å². The molecule has 9 nitrogen and oxygen atoms in total. The summed E-state index contributed by atoms with van der Waals surface area (Å²) in [5.41, 5.74) is 0.728. The molecule has 2 aliphatic heterocycles. The average Bonchev–Trinajstić information content (AvgIpc) is 3.42. The van der Waals surface area contributed by atoms with Gasteiger partial charge >= 0.3 is 0 Å². The fourth-order valence-corrected chi connectivity index (χ4v) is 3.23. The van der Waals surface area contributed by atoms with Crippen LogP contribution in [0.1, 0.15) is 34.8 Å². The van der Waals surface area contributed by atoms with E-state index in [1.165, 1.54) is 6.20 Å². The normalized spacial score (nSPS) is 21.2. The highest BCUT2D eigenvalue weighted by molar-refractivity contribution is 6.39. The van der Waals surface area contributed by atoms with Gasteiger partial charge < -0.3 is 19.5 Å². The van der Waals surface area contributed by atoms with E-state index in [0.717, 1.165) is 5.69 Å². The highest BCUT2D eigenvalue weighted by atomic mass is 16.7. The van der Waals surface area contributed by atoms with Gasteiger partial charge in [-0.2, -0.15) is 0 Å². The average molecular weight is 369 g/mol. The predicted molar refractivity (Wildman–Crippen MR) is 93.7 cm³/mol. The van der Waals surface area contributed by atoms with Gasteiger partial charge in [0.15, 0.2) is 5.60 Å². The molecule has 2 amide bonds. The number of furan rings is 1. The number of nitrogens with zero attached hydrogens (tertiary/aromatic N) is 4. The van der Waals surface area contributed by atoms with E-state index in [1.54, 1.807) is 29.5 Å². The molecule has 27 heavy (non-hydrogen) atoms. The predicted octanol–water partition coefficient (Wildman–Crippen LogP) is 1.06. The van der Waals surface area contributed by atoms with Crippen molar-refractivity contribution in [1.82, 2.24) is 20.2 Å². The Morgan fingerprint density at radius 2 is 2.22 bits per heavy atom. The fourth-order valence-electron chi connectivity index (χ4n) is 3.23. The van der Waals surface area contributed by atoms with Crippen LogP contribution in [0.4, 0.5) is 0 Å². The fraction of sp³-hybridized carbons (Fsp3) is 0.389. The molecule has 0 bridgehead atoms. The molecule has 1 atom stereocenters. The van der Waals surface area contributed by atoms with Crippen LogP contribution in [0.15, 0.2) is 40.4 Å². The molecule has 2 aromatic heterocycles. The van der Waals surface area contributed by atoms with Crippen molar-refractivity contribution in [2.45, 2.75) is 31.9 Å². The van der Waals surface area contributed by atoms with Gasteiger partial charge in [0, 0.05) is 25.6 Å². The van der Waals surface area contributed by atoms with Crippen molar-refractivity contribution in [3.63, 3.8) is 0 Å². The molecule has 4 heterocycles. The van der Waals surface area contributed by atoms with Crippen molar-refractivity contribution in [1.29, 1.82) is 0 Å². The van der Waals surface area contributed by atoms with Gasteiger partial charge in [-0.1, -0.05) is 5.16 Å². The Bertz CT molecular complexity index is 878. The molecule has 1 saturated heterocycles. The Morgan fingerprint density at radius 3 is 2.96 bits per heavy atom. The summed E-state index contributed by atoms with van der Waals surface area (Å²) in [5.74, 6) is 0.172. The zero-order chi connectivity index (χ0) is 18.9. The molecule has 1 unspecified atom stereocenters. The number of hydrogen-bond donors (Lipinski definition) is 1. The Morgan fingerprint density at radius 1 is 1.33 bits per heavy atom. The van der Waals surface area contributed by atoms with Gasteiger partial charge in [-0.3, -0.25) is 14.6 Å². The summed E-state index contributed by atoms with van der Waals surface area (Å²) in [6.07, 6.45) is 5.56. The van der Waals surface area contributed by atoms with Crippen molar-refractivity contribution < 1.29 is 18.8 Å². The van der Waals surface area contributed by atoms with Crippen LogP contribution >= 0.6 is 0 Å². The number of amides is 2. The largest absolute Gasteiger partial charge is 0.467 e. The van der Waals surface area contributed by atoms with Crippen molar-refractivity contribution in [3.8, 4) is 0 Å². The summed E-state index contributed by atoms with van der Waals surface area (Å²) in [4.78, 5) is 40.4. The first kappa shape index (κ1) is 17.2. The topological polar surface area (TPSA) is 110 Å². The standard InChI is InChI=1S/C18H19N5O4/c1-12-8-20-15(10-19-12)17(25)23-5-4-18(11-23)7-14(22-27-18)16(24)21-9-13-3-2-6-26-13/h2-3,6,8,10H,4-5,7,9,11H2,1H3,(H,21,24). The zero-order valence-corrected chi connectivity index (χ0v) is 14.8. The minimum absolute atomic E-state index is 0.196. The second-order valence-corrected chi connectivity index (χ2v) is 6.77. The molecule has 1 fully saturated rings. The molecular formula is C18H19N5O4. The van der Waals surface area contributed by atoms with Crippen LogP contribution in [0, 0.1) is 6.92 Å². The van der Waals surface area contributed by atoms with E-state index in [9.17, 15) is 9.59 Å². The second kappa shape index (κ2) is 6.82. The maximum absolute atomic E-state index is 12.6. The molecule has 0 aromatic carbocycles. The van der Waals surface area contributed by atoms with Gasteiger partial charge in [-0.05, 0) is 19.1 Å². The lowest BCUT2D eigenvalue weighted by atomic mass is 9.96. The minimum atomic E-state index is -0.648. The van der Waals surface area contributed by atoms with Gasteiger partial charge in [-0.25, -0.2) is 4.98 Å². The van der Waals surface area contributed by atoms with Gasteiger partial charge in [0.2, 0.25) is 0 Å². The van der Waals surface area contributed by atoms with Crippen molar-refractivity contribution in [2.24, 2.45) is 5.16 Å². The lowest BCUT2D eigenvalue weighted by Crippen LogP contribution is -2.38. The number of rotatable bonds is 4. The molecule has 4 rings (SSSR count). The first-order chi connectivity index (χ1) is 13.0. The molecule has 2 aliphatic rings. The smallest absolute Gasteiger partial charge is 0.274 e. The third-order valence-corrected chi connectivity index (χ3v) is 4.71. The summed E-state index contributed by atoms with van der Waals surface area (Å²) in [7, 11) is 0. The molecule has 140 valence electrons. The van der Waals surface area contributed by atoms with Crippen LogP contribution in [0.5, 0.6) is 0 Å². The van der Waals surface area contributed by atoms with Crippen LogP contribution in [0.2, 0.25) is 0 Å². The lowest BCUT2D eigenvalue weighted by molar-refractivity contribution is -0.115. The zero-order valence-electron chi connectivity index (χ0n) is 14.8. The molecule has 0 saturated carbocycles. The highest BCUT2D eigenvalue weighted by Gasteiger charge is 2.48. The molecule has 2 aromatic rings. The van der Waals surface area contributed by atoms with Gasteiger partial charge in [0.1, 0.15) is 17.2 Å². The number of carbonyl (C=O) groups is 2. The summed E-state index contributed by atoms with van der Waals surface area (Å²) >= 11 is 0. The van der Waals surface area contributed by atoms with Gasteiger partial charge in [0.25, 0.3) is 11.8 Å². The third kappa shape index (κ3) is 3.53. The van der Waals surface area contributed by atoms with Crippen molar-refractivity contribution in [2.75, 3.05) is 13.1 Å². The number of carbonyl (C=O) groups excluding carboxylic acids is 2. The molecule has 9 heteroatoms. The van der Waals surface area contributed by atoms with Crippen LogP contribution in [0.3, 0.4) is 0 Å². The van der Waals surface area contributed by atoms with Crippen LogP contribution < -0.4 is 5.32 Å². The number of likely N-dealkylation sites (tertiary alicyclic amines) is 1. The van der Waals surface area contributed by atoms with Gasteiger partial charge in [0.05, 0.1) is 31.2 Å². The summed E-state index contributed by atoms with van der Waals surface area (Å²) < 4.78 is 5.19. The van der Waals surface area contributed by atoms with E-state index >= 15 is 0 Å². The number of oxime groups is 1. The van der Waals surface area contributed by atoms with E-state index in [-0.39, 0.29) is 18.4 Å². The Hall–Kier alpha value is -3.23. The monoisotopic (exact) mass is 369 g/mol. The van der Waals surface area contributed by atoms with E-state index in [0.29, 0.717) is 43.1 Å². The molecule has 1 N–H and O–H groups in total. The summed E-state index contributed by atoms with van der Waals surface area (Å²) in [6.45, 7) is 2.98. The van der Waals surface area contributed by atoms with Crippen LogP contribution in [-0.2, 0) is 16.2 Å². The van der Waals surface area contributed by atoms with E-state index in [1.807, 2.05) is 6.92 Å². The number of aryl methyl sites for hydroxylation is 1. The molecule has 1 spiro atoms. The SMILES string of the molecule is Cc1cnc(C(=O)N2CCC3(CC(C(=O)NCc4ccco4)=NO3)C2)cn1. The maximum Gasteiger partial charge on any atom is 0.274 e. The van der Waals surface area contributed by atoms with Crippen molar-refractivity contribution in [3.05, 3.63) is 47.9 Å². The van der Waals surface area contributed by atoms with Gasteiger partial charge in [-0.15, -0.1) is 0 Å². The van der Waals surface area contributed by atoms with Crippen molar-refractivity contribution >= 4 is 17.5 Å². The number of hydrogen-bond acceptors (Lipinski definition) is 7. The minimum Gasteiger partial charge on any atom is -0.467 e. The Kier molecular flexibility index (Phi) is 4.35. The van der Waals surface area contributed by atoms with E-state index in [2.05, 4.69) is 20.4 Å². The number of aromatic nitrogens is 2. The maximum atomic E-state index is 12.6. The Balaban J connectivity index is 1.34. The quantitative estimate of drug-likeness (QED) is 0.863. The lowest BCUT2D eigenvalue weighted by Gasteiger charge is -2.21. The summed E-state index contributed by atoms with van der Waals surface area (Å²) in [6, 6.07) is 3.54. The van der Waals surface area contributed by atoms with E-state index < -0.39 is 5.60 Å². The van der Waals surface area contributed by atoms with Crippen LogP contribution in [0.25, 0.3) is 0 Å². The second-order valence-electron chi connectivity index (χ2n) is 6.77. The Labute approximate surface area is 155 Å². The third-order valence-electron chi connectivity index (χ3n) is 4.71. The first-order valence-corrected chi connectivity index (χ1v) is 8.68. The molecule has 0 radical (unpaired) electrons. The number of nitrogens with one attached hydrogen (secondary N) is 1. The highest BCUT2D eigenvalue weighted by Crippen LogP contribution is 2.34. The summed E-state index contributed by atoms with van der Waals surface area (Å²) in [5, 5.41) is 6.71. The molecule has 0 aliphatic carbocycles. The van der Waals surface area contributed by atoms with Crippen LogP contribution in [-0.4, -0.2) is 51.1 Å². The first-order valence-electron chi connectivity index (χ1n) is 8.68.